The number of nitrogens with zero attached hydrogens (tertiary/aromatic N) is 2. The number of piperidine rings is 1. The van der Waals surface area contributed by atoms with Gasteiger partial charge in [-0.05, 0) is 43.9 Å². The monoisotopic (exact) mass is 303 g/mol. The lowest BCUT2D eigenvalue weighted by Crippen LogP contribution is -2.47. The minimum absolute atomic E-state index is 0.0534. The summed E-state index contributed by atoms with van der Waals surface area (Å²) in [5.41, 5.74) is 3.68. The van der Waals surface area contributed by atoms with Crippen LogP contribution in [0, 0.1) is 13.8 Å². The Kier molecular flexibility index (Phi) is 3.85. The maximum atomic E-state index is 11.2. The molecule has 1 aliphatic heterocycles. The second kappa shape index (κ2) is 5.64. The van der Waals surface area contributed by atoms with Crippen LogP contribution in [0.2, 0.25) is 0 Å². The summed E-state index contributed by atoms with van der Waals surface area (Å²) in [5.74, 6) is 0.0534. The van der Waals surface area contributed by atoms with Gasteiger partial charge in [0.05, 0.1) is 10.2 Å². The maximum Gasteiger partial charge on any atom is 0.217 e. The average Bonchev–Trinajstić information content (AvgIpc) is 2.87. The van der Waals surface area contributed by atoms with Crippen molar-refractivity contribution in [1.29, 1.82) is 0 Å². The molecule has 1 saturated heterocycles. The molecule has 0 saturated carbocycles. The number of carbonyl (C=O) groups is 1. The zero-order valence-corrected chi connectivity index (χ0v) is 13.6. The highest BCUT2D eigenvalue weighted by Crippen LogP contribution is 2.33. The number of rotatable bonds is 2. The molecule has 1 atom stereocenters. The van der Waals surface area contributed by atoms with E-state index in [1.807, 2.05) is 0 Å². The minimum Gasteiger partial charge on any atom is -0.352 e. The van der Waals surface area contributed by atoms with Crippen molar-refractivity contribution in [3.8, 4) is 0 Å². The number of anilines is 1. The Labute approximate surface area is 129 Å². The van der Waals surface area contributed by atoms with E-state index in [4.69, 9.17) is 4.98 Å². The largest absolute Gasteiger partial charge is 0.352 e. The van der Waals surface area contributed by atoms with Gasteiger partial charge in [0.2, 0.25) is 5.91 Å². The Hall–Kier alpha value is -1.62. The maximum absolute atomic E-state index is 11.2. The van der Waals surface area contributed by atoms with Crippen LogP contribution in [0.15, 0.2) is 12.1 Å². The number of hydrogen-bond acceptors (Lipinski definition) is 4. The summed E-state index contributed by atoms with van der Waals surface area (Å²) in [6.45, 7) is 7.73. The van der Waals surface area contributed by atoms with Crippen LogP contribution < -0.4 is 10.2 Å². The number of thiazole rings is 1. The number of fused-ring (bicyclic) bond motifs is 1. The van der Waals surface area contributed by atoms with Crippen LogP contribution in [0.4, 0.5) is 5.13 Å². The van der Waals surface area contributed by atoms with E-state index >= 15 is 0 Å². The standard InChI is InChI=1S/C16H21N3OS/c1-10-6-7-14-15(11(10)2)18-16(21-14)19-8-4-5-13(9-19)17-12(3)20/h6-7,13H,4-5,8-9H2,1-3H3,(H,17,20). The first kappa shape index (κ1) is 14.3. The Balaban J connectivity index is 1.86. The van der Waals surface area contributed by atoms with Gasteiger partial charge in [0.25, 0.3) is 0 Å². The number of aryl methyl sites for hydroxylation is 2. The molecule has 0 radical (unpaired) electrons. The van der Waals surface area contributed by atoms with Crippen LogP contribution in [0.1, 0.15) is 30.9 Å². The van der Waals surface area contributed by atoms with Crippen molar-refractivity contribution in [1.82, 2.24) is 10.3 Å². The van der Waals surface area contributed by atoms with E-state index in [2.05, 4.69) is 36.2 Å². The Morgan fingerprint density at radius 2 is 2.24 bits per heavy atom. The average molecular weight is 303 g/mol. The van der Waals surface area contributed by atoms with Gasteiger partial charge in [-0.2, -0.15) is 0 Å². The summed E-state index contributed by atoms with van der Waals surface area (Å²) in [7, 11) is 0. The lowest BCUT2D eigenvalue weighted by Gasteiger charge is -2.32. The molecule has 1 fully saturated rings. The van der Waals surface area contributed by atoms with E-state index in [-0.39, 0.29) is 11.9 Å². The third-order valence-electron chi connectivity index (χ3n) is 4.17. The van der Waals surface area contributed by atoms with E-state index < -0.39 is 0 Å². The van der Waals surface area contributed by atoms with Gasteiger partial charge < -0.3 is 10.2 Å². The fraction of sp³-hybridized carbons (Fsp3) is 0.500. The highest BCUT2D eigenvalue weighted by atomic mass is 32.1. The molecule has 5 heteroatoms. The van der Waals surface area contributed by atoms with Crippen LogP contribution in [0.25, 0.3) is 10.2 Å². The van der Waals surface area contributed by atoms with E-state index in [1.165, 1.54) is 15.8 Å². The van der Waals surface area contributed by atoms with Crippen molar-refractivity contribution in [2.24, 2.45) is 0 Å². The molecular formula is C16H21N3OS. The fourth-order valence-electron chi connectivity index (χ4n) is 2.91. The first-order valence-electron chi connectivity index (χ1n) is 7.43. The molecule has 1 amide bonds. The smallest absolute Gasteiger partial charge is 0.217 e. The van der Waals surface area contributed by atoms with Gasteiger partial charge in [0, 0.05) is 26.1 Å². The molecule has 0 spiro atoms. The Morgan fingerprint density at radius 3 is 3.00 bits per heavy atom. The Morgan fingerprint density at radius 1 is 1.43 bits per heavy atom. The summed E-state index contributed by atoms with van der Waals surface area (Å²) < 4.78 is 1.25. The number of carbonyl (C=O) groups excluding carboxylic acids is 1. The van der Waals surface area contributed by atoms with E-state index in [0.717, 1.165) is 36.6 Å². The molecule has 2 heterocycles. The van der Waals surface area contributed by atoms with Gasteiger partial charge in [-0.3, -0.25) is 4.79 Å². The SMILES string of the molecule is CC(=O)NC1CCCN(c2nc3c(C)c(C)ccc3s2)C1. The van der Waals surface area contributed by atoms with E-state index in [0.29, 0.717) is 0 Å². The van der Waals surface area contributed by atoms with Crippen LogP contribution >= 0.6 is 11.3 Å². The van der Waals surface area contributed by atoms with Crippen LogP contribution in [0.3, 0.4) is 0 Å². The summed E-state index contributed by atoms with van der Waals surface area (Å²) in [6.07, 6.45) is 2.15. The minimum atomic E-state index is 0.0534. The molecule has 2 aromatic rings. The molecule has 1 aliphatic rings. The van der Waals surface area contributed by atoms with Crippen molar-refractivity contribution in [3.05, 3.63) is 23.3 Å². The zero-order chi connectivity index (χ0) is 15.0. The molecule has 1 unspecified atom stereocenters. The highest BCUT2D eigenvalue weighted by molar-refractivity contribution is 7.22. The topological polar surface area (TPSA) is 45.2 Å². The van der Waals surface area contributed by atoms with Crippen LogP contribution in [-0.2, 0) is 4.79 Å². The third kappa shape index (κ3) is 2.88. The molecule has 3 rings (SSSR count). The lowest BCUT2D eigenvalue weighted by atomic mass is 10.1. The zero-order valence-electron chi connectivity index (χ0n) is 12.8. The summed E-state index contributed by atoms with van der Waals surface area (Å²) in [5, 5.41) is 4.11. The summed E-state index contributed by atoms with van der Waals surface area (Å²) in [4.78, 5) is 18.4. The summed E-state index contributed by atoms with van der Waals surface area (Å²) >= 11 is 1.75. The highest BCUT2D eigenvalue weighted by Gasteiger charge is 2.23. The molecule has 1 N–H and O–H groups in total. The molecule has 112 valence electrons. The number of benzene rings is 1. The van der Waals surface area contributed by atoms with Gasteiger partial charge in [0.15, 0.2) is 5.13 Å². The normalized spacial score (nSPS) is 19.0. The lowest BCUT2D eigenvalue weighted by molar-refractivity contribution is -0.119. The number of hydrogen-bond donors (Lipinski definition) is 1. The molecule has 1 aromatic carbocycles. The molecule has 4 nitrogen and oxygen atoms in total. The van der Waals surface area contributed by atoms with Crippen molar-refractivity contribution in [2.75, 3.05) is 18.0 Å². The number of amides is 1. The van der Waals surface area contributed by atoms with Crippen molar-refractivity contribution >= 4 is 32.6 Å². The first-order chi connectivity index (χ1) is 10.0. The quantitative estimate of drug-likeness (QED) is 0.927. The van der Waals surface area contributed by atoms with Gasteiger partial charge >= 0.3 is 0 Å². The van der Waals surface area contributed by atoms with Gasteiger partial charge in [0.1, 0.15) is 0 Å². The number of nitrogens with one attached hydrogen (secondary N) is 1. The third-order valence-corrected chi connectivity index (χ3v) is 5.25. The molecule has 0 bridgehead atoms. The molecular weight excluding hydrogens is 282 g/mol. The van der Waals surface area contributed by atoms with Gasteiger partial charge in [-0.25, -0.2) is 4.98 Å². The molecule has 1 aromatic heterocycles. The fourth-order valence-corrected chi connectivity index (χ4v) is 3.97. The molecule has 21 heavy (non-hydrogen) atoms. The van der Waals surface area contributed by atoms with E-state index in [9.17, 15) is 4.79 Å². The van der Waals surface area contributed by atoms with Gasteiger partial charge in [-0.1, -0.05) is 17.4 Å². The number of aromatic nitrogens is 1. The van der Waals surface area contributed by atoms with Crippen molar-refractivity contribution < 1.29 is 4.79 Å². The predicted molar refractivity (Wildman–Crippen MR) is 88.1 cm³/mol. The predicted octanol–water partition coefficient (Wildman–Crippen LogP) is 3.02. The van der Waals surface area contributed by atoms with Gasteiger partial charge in [-0.15, -0.1) is 0 Å². The Bertz CT molecular complexity index is 679. The first-order valence-corrected chi connectivity index (χ1v) is 8.25. The summed E-state index contributed by atoms with van der Waals surface area (Å²) in [6, 6.07) is 4.57. The van der Waals surface area contributed by atoms with Crippen molar-refractivity contribution in [3.63, 3.8) is 0 Å². The molecule has 0 aliphatic carbocycles. The van der Waals surface area contributed by atoms with Crippen molar-refractivity contribution in [2.45, 2.75) is 39.7 Å². The van der Waals surface area contributed by atoms with Crippen LogP contribution in [0.5, 0.6) is 0 Å². The second-order valence-electron chi connectivity index (χ2n) is 5.84. The second-order valence-corrected chi connectivity index (χ2v) is 6.85. The van der Waals surface area contributed by atoms with Crippen LogP contribution in [-0.4, -0.2) is 30.0 Å². The van der Waals surface area contributed by atoms with E-state index in [1.54, 1.807) is 18.3 Å².